The van der Waals surface area contributed by atoms with E-state index in [0.29, 0.717) is 23.8 Å². The number of amides is 1. The van der Waals surface area contributed by atoms with Crippen LogP contribution in [0.4, 0.5) is 5.69 Å². The SMILES string of the molecule is O=C(CCC1CCCC1)Nc1cccc(-c2ccc3nnc(-c4ccncc4)n3n2)c1. The fraction of sp³-hybridized carbons (Fsp3) is 0.292. The van der Waals surface area contributed by atoms with Gasteiger partial charge in [0.05, 0.1) is 5.69 Å². The number of aromatic nitrogens is 5. The Morgan fingerprint density at radius 3 is 2.68 bits per heavy atom. The van der Waals surface area contributed by atoms with Gasteiger partial charge in [-0.1, -0.05) is 37.8 Å². The van der Waals surface area contributed by atoms with E-state index in [9.17, 15) is 4.79 Å². The number of rotatable bonds is 6. The van der Waals surface area contributed by atoms with Crippen molar-refractivity contribution in [2.24, 2.45) is 5.92 Å². The summed E-state index contributed by atoms with van der Waals surface area (Å²) in [6.07, 6.45) is 10.1. The molecule has 0 bridgehead atoms. The van der Waals surface area contributed by atoms with Gasteiger partial charge in [0.25, 0.3) is 0 Å². The molecular weight excluding hydrogens is 388 g/mol. The van der Waals surface area contributed by atoms with Gasteiger partial charge in [-0.25, -0.2) is 0 Å². The summed E-state index contributed by atoms with van der Waals surface area (Å²) < 4.78 is 1.73. The van der Waals surface area contributed by atoms with Gasteiger partial charge in [0.2, 0.25) is 5.91 Å². The number of pyridine rings is 1. The fourth-order valence-electron chi connectivity index (χ4n) is 4.24. The smallest absolute Gasteiger partial charge is 0.224 e. The van der Waals surface area contributed by atoms with Crippen LogP contribution >= 0.6 is 0 Å². The number of benzene rings is 1. The van der Waals surface area contributed by atoms with Crippen LogP contribution in [0.5, 0.6) is 0 Å². The monoisotopic (exact) mass is 412 g/mol. The largest absolute Gasteiger partial charge is 0.326 e. The topological polar surface area (TPSA) is 85.1 Å². The highest BCUT2D eigenvalue weighted by molar-refractivity contribution is 5.91. The van der Waals surface area contributed by atoms with Crippen LogP contribution in [0.1, 0.15) is 38.5 Å². The van der Waals surface area contributed by atoms with Crippen LogP contribution in [-0.2, 0) is 4.79 Å². The first kappa shape index (κ1) is 19.4. The maximum atomic E-state index is 12.4. The third-order valence-corrected chi connectivity index (χ3v) is 5.90. The van der Waals surface area contributed by atoms with E-state index in [-0.39, 0.29) is 5.91 Å². The molecule has 0 aliphatic heterocycles. The third-order valence-electron chi connectivity index (χ3n) is 5.90. The molecule has 0 spiro atoms. The molecule has 1 fully saturated rings. The lowest BCUT2D eigenvalue weighted by atomic mass is 10.0. The average Bonchev–Trinajstić information content (AvgIpc) is 3.48. The molecule has 0 atom stereocenters. The zero-order valence-electron chi connectivity index (χ0n) is 17.2. The summed E-state index contributed by atoms with van der Waals surface area (Å²) >= 11 is 0. The van der Waals surface area contributed by atoms with Crippen LogP contribution < -0.4 is 5.32 Å². The standard InChI is InChI=1S/C24H24N6O/c31-23(11-8-17-4-1-2-5-17)26-20-7-3-6-19(16-20)21-9-10-22-27-28-24(30(22)29-21)18-12-14-25-15-13-18/h3,6-7,9-10,12-17H,1-2,4-5,8,11H2,(H,26,31). The van der Waals surface area contributed by atoms with Crippen LogP contribution in [0.25, 0.3) is 28.3 Å². The quantitative estimate of drug-likeness (QED) is 0.493. The molecule has 7 heteroatoms. The number of nitrogens with one attached hydrogen (secondary N) is 1. The lowest BCUT2D eigenvalue weighted by molar-refractivity contribution is -0.116. The maximum absolute atomic E-state index is 12.4. The molecule has 4 aromatic rings. The molecule has 3 heterocycles. The summed E-state index contributed by atoms with van der Waals surface area (Å²) in [5.74, 6) is 1.45. The van der Waals surface area contributed by atoms with E-state index >= 15 is 0 Å². The number of hydrogen-bond acceptors (Lipinski definition) is 5. The van der Waals surface area contributed by atoms with E-state index in [4.69, 9.17) is 5.10 Å². The molecule has 156 valence electrons. The number of fused-ring (bicyclic) bond motifs is 1. The second-order valence-electron chi connectivity index (χ2n) is 8.07. The minimum atomic E-state index is 0.0752. The molecule has 0 saturated heterocycles. The van der Waals surface area contributed by atoms with Crippen LogP contribution in [0.3, 0.4) is 0 Å². The van der Waals surface area contributed by atoms with Gasteiger partial charge in [0, 0.05) is 35.6 Å². The van der Waals surface area contributed by atoms with Gasteiger partial charge in [-0.15, -0.1) is 10.2 Å². The molecule has 31 heavy (non-hydrogen) atoms. The lowest BCUT2D eigenvalue weighted by Gasteiger charge is -2.10. The molecule has 0 unspecified atom stereocenters. The number of nitrogens with zero attached hydrogens (tertiary/aromatic N) is 5. The molecular formula is C24H24N6O. The van der Waals surface area contributed by atoms with Gasteiger partial charge in [-0.3, -0.25) is 9.78 Å². The maximum Gasteiger partial charge on any atom is 0.224 e. The highest BCUT2D eigenvalue weighted by atomic mass is 16.1. The van der Waals surface area contributed by atoms with E-state index in [1.54, 1.807) is 16.9 Å². The predicted molar refractivity (Wildman–Crippen MR) is 119 cm³/mol. The van der Waals surface area contributed by atoms with Crippen molar-refractivity contribution >= 4 is 17.2 Å². The van der Waals surface area contributed by atoms with Gasteiger partial charge in [0.1, 0.15) is 0 Å². The van der Waals surface area contributed by atoms with Crippen LogP contribution in [0, 0.1) is 5.92 Å². The minimum absolute atomic E-state index is 0.0752. The van der Waals surface area contributed by atoms with Crippen molar-refractivity contribution in [3.8, 4) is 22.6 Å². The summed E-state index contributed by atoms with van der Waals surface area (Å²) in [5, 5.41) is 16.3. The van der Waals surface area contributed by atoms with E-state index in [0.717, 1.165) is 28.9 Å². The molecule has 1 amide bonds. The summed E-state index contributed by atoms with van der Waals surface area (Å²) in [4.78, 5) is 16.5. The Kier molecular flexibility index (Phi) is 5.39. The van der Waals surface area contributed by atoms with Gasteiger partial charge < -0.3 is 5.32 Å². The van der Waals surface area contributed by atoms with Crippen molar-refractivity contribution in [3.05, 3.63) is 60.9 Å². The molecule has 1 saturated carbocycles. The zero-order valence-corrected chi connectivity index (χ0v) is 17.2. The molecule has 0 radical (unpaired) electrons. The number of carbonyl (C=O) groups is 1. The predicted octanol–water partition coefficient (Wildman–Crippen LogP) is 4.76. The molecule has 1 aliphatic rings. The highest BCUT2D eigenvalue weighted by Crippen LogP contribution is 2.29. The Hall–Kier alpha value is -3.61. The molecule has 5 rings (SSSR count). The van der Waals surface area contributed by atoms with Crippen molar-refractivity contribution in [2.75, 3.05) is 5.32 Å². The van der Waals surface area contributed by atoms with Crippen molar-refractivity contribution in [1.29, 1.82) is 0 Å². The summed E-state index contributed by atoms with van der Waals surface area (Å²) in [6.45, 7) is 0. The van der Waals surface area contributed by atoms with Gasteiger partial charge in [-0.05, 0) is 48.7 Å². The van der Waals surface area contributed by atoms with Crippen LogP contribution in [0.15, 0.2) is 60.9 Å². The van der Waals surface area contributed by atoms with Crippen molar-refractivity contribution < 1.29 is 4.79 Å². The molecule has 3 aromatic heterocycles. The Bertz CT molecular complexity index is 1200. The normalized spacial score (nSPS) is 14.2. The van der Waals surface area contributed by atoms with Gasteiger partial charge in [-0.2, -0.15) is 9.61 Å². The first-order chi connectivity index (χ1) is 15.3. The second-order valence-corrected chi connectivity index (χ2v) is 8.07. The lowest BCUT2D eigenvalue weighted by Crippen LogP contribution is -2.12. The zero-order chi connectivity index (χ0) is 21.0. The Labute approximate surface area is 180 Å². The Morgan fingerprint density at radius 2 is 1.84 bits per heavy atom. The van der Waals surface area contributed by atoms with Crippen LogP contribution in [-0.4, -0.2) is 30.7 Å². The molecule has 1 aliphatic carbocycles. The second kappa shape index (κ2) is 8.63. The summed E-state index contributed by atoms with van der Waals surface area (Å²) in [6, 6.07) is 15.4. The summed E-state index contributed by atoms with van der Waals surface area (Å²) in [5.41, 5.74) is 4.06. The highest BCUT2D eigenvalue weighted by Gasteiger charge is 2.16. The fourth-order valence-corrected chi connectivity index (χ4v) is 4.24. The van der Waals surface area contributed by atoms with Crippen molar-refractivity contribution in [2.45, 2.75) is 38.5 Å². The van der Waals surface area contributed by atoms with Gasteiger partial charge >= 0.3 is 0 Å². The van der Waals surface area contributed by atoms with E-state index in [1.807, 2.05) is 48.5 Å². The molecule has 7 nitrogen and oxygen atoms in total. The Morgan fingerprint density at radius 1 is 1.00 bits per heavy atom. The molecule has 1 aromatic carbocycles. The minimum Gasteiger partial charge on any atom is -0.326 e. The number of anilines is 1. The van der Waals surface area contributed by atoms with Crippen LogP contribution in [0.2, 0.25) is 0 Å². The first-order valence-electron chi connectivity index (χ1n) is 10.8. The first-order valence-corrected chi connectivity index (χ1v) is 10.8. The Balaban J connectivity index is 1.36. The van der Waals surface area contributed by atoms with Gasteiger partial charge in [0.15, 0.2) is 11.5 Å². The van der Waals surface area contributed by atoms with E-state index in [2.05, 4.69) is 20.5 Å². The van der Waals surface area contributed by atoms with Crippen molar-refractivity contribution in [1.82, 2.24) is 24.8 Å². The third kappa shape index (κ3) is 4.30. The molecule has 1 N–H and O–H groups in total. The van der Waals surface area contributed by atoms with E-state index in [1.165, 1.54) is 25.7 Å². The summed E-state index contributed by atoms with van der Waals surface area (Å²) in [7, 11) is 0. The van der Waals surface area contributed by atoms with E-state index < -0.39 is 0 Å². The number of hydrogen-bond donors (Lipinski definition) is 1. The average molecular weight is 412 g/mol. The van der Waals surface area contributed by atoms with Crippen molar-refractivity contribution in [3.63, 3.8) is 0 Å². The number of carbonyl (C=O) groups excluding carboxylic acids is 1.